The Kier molecular flexibility index (Phi) is 3.08. The highest BCUT2D eigenvalue weighted by atomic mass is 32.1. The van der Waals surface area contributed by atoms with Gasteiger partial charge in [-0.05, 0) is 19.1 Å². The van der Waals surface area contributed by atoms with Crippen LogP contribution in [0.5, 0.6) is 0 Å². The standard InChI is InChI=1S/C13H14N4S/c1-9-11(16-8-15-9)6-14-7-13-17-10-4-2-3-5-12(10)18-13/h2-5,8,14H,6-7H2,1H3,(H,15,16). The Morgan fingerprint density at radius 1 is 1.28 bits per heavy atom. The van der Waals surface area contributed by atoms with Crippen molar-refractivity contribution in [2.75, 3.05) is 0 Å². The minimum absolute atomic E-state index is 0.769. The molecule has 0 spiro atoms. The largest absolute Gasteiger partial charge is 0.348 e. The van der Waals surface area contributed by atoms with Crippen molar-refractivity contribution in [3.05, 3.63) is 47.0 Å². The predicted molar refractivity (Wildman–Crippen MR) is 73.5 cm³/mol. The van der Waals surface area contributed by atoms with E-state index < -0.39 is 0 Å². The molecule has 2 N–H and O–H groups in total. The van der Waals surface area contributed by atoms with Crippen molar-refractivity contribution in [1.29, 1.82) is 0 Å². The Morgan fingerprint density at radius 2 is 2.17 bits per heavy atom. The van der Waals surface area contributed by atoms with Crippen LogP contribution in [-0.2, 0) is 13.1 Å². The molecule has 0 bridgehead atoms. The zero-order valence-corrected chi connectivity index (χ0v) is 10.9. The van der Waals surface area contributed by atoms with E-state index in [1.54, 1.807) is 17.7 Å². The molecule has 18 heavy (non-hydrogen) atoms. The van der Waals surface area contributed by atoms with Crippen LogP contribution in [0.25, 0.3) is 10.2 Å². The first-order valence-corrected chi connectivity index (χ1v) is 6.68. The van der Waals surface area contributed by atoms with Gasteiger partial charge in [0, 0.05) is 18.8 Å². The average Bonchev–Trinajstić information content (AvgIpc) is 2.96. The minimum Gasteiger partial charge on any atom is -0.348 e. The lowest BCUT2D eigenvalue weighted by Crippen LogP contribution is -2.13. The summed E-state index contributed by atoms with van der Waals surface area (Å²) in [4.78, 5) is 11.9. The number of benzene rings is 1. The molecule has 0 aliphatic rings. The van der Waals surface area contributed by atoms with E-state index in [2.05, 4.69) is 26.3 Å². The molecule has 2 aromatic heterocycles. The molecule has 1 aromatic carbocycles. The van der Waals surface area contributed by atoms with E-state index in [1.165, 1.54) is 4.70 Å². The number of thiazole rings is 1. The molecule has 3 aromatic rings. The quantitative estimate of drug-likeness (QED) is 0.756. The number of aromatic nitrogens is 3. The second kappa shape index (κ2) is 4.88. The van der Waals surface area contributed by atoms with Crippen LogP contribution in [0, 0.1) is 6.92 Å². The summed E-state index contributed by atoms with van der Waals surface area (Å²) in [5, 5.41) is 4.49. The summed E-state index contributed by atoms with van der Waals surface area (Å²) in [5.74, 6) is 0. The summed E-state index contributed by atoms with van der Waals surface area (Å²) < 4.78 is 1.24. The van der Waals surface area contributed by atoms with Gasteiger partial charge in [-0.15, -0.1) is 11.3 Å². The Balaban J connectivity index is 1.65. The Labute approximate surface area is 109 Å². The predicted octanol–water partition coefficient (Wildman–Crippen LogP) is 2.62. The molecule has 3 rings (SSSR count). The summed E-state index contributed by atoms with van der Waals surface area (Å²) in [5.41, 5.74) is 3.26. The minimum atomic E-state index is 0.769. The van der Waals surface area contributed by atoms with Gasteiger partial charge in [-0.3, -0.25) is 0 Å². The summed E-state index contributed by atoms with van der Waals surface area (Å²) in [7, 11) is 0. The lowest BCUT2D eigenvalue weighted by atomic mass is 10.3. The van der Waals surface area contributed by atoms with Crippen LogP contribution >= 0.6 is 11.3 Å². The number of fused-ring (bicyclic) bond motifs is 1. The number of aromatic amines is 1. The van der Waals surface area contributed by atoms with Crippen LogP contribution in [-0.4, -0.2) is 15.0 Å². The van der Waals surface area contributed by atoms with Crippen molar-refractivity contribution >= 4 is 21.6 Å². The monoisotopic (exact) mass is 258 g/mol. The molecular formula is C13H14N4S. The molecule has 0 aliphatic carbocycles. The summed E-state index contributed by atoms with van der Waals surface area (Å²) in [6, 6.07) is 8.22. The van der Waals surface area contributed by atoms with Gasteiger partial charge in [0.2, 0.25) is 0 Å². The first-order chi connectivity index (χ1) is 8.83. The van der Waals surface area contributed by atoms with E-state index in [9.17, 15) is 0 Å². The van der Waals surface area contributed by atoms with Crippen molar-refractivity contribution in [3.63, 3.8) is 0 Å². The van der Waals surface area contributed by atoms with Gasteiger partial charge in [0.15, 0.2) is 0 Å². The number of nitrogens with one attached hydrogen (secondary N) is 2. The van der Waals surface area contributed by atoms with Crippen LogP contribution in [0.1, 0.15) is 16.4 Å². The summed E-state index contributed by atoms with van der Waals surface area (Å²) in [6.45, 7) is 3.58. The number of imidazole rings is 1. The molecule has 0 amide bonds. The molecular weight excluding hydrogens is 244 g/mol. The average molecular weight is 258 g/mol. The molecule has 0 atom stereocenters. The molecule has 0 saturated carbocycles. The molecule has 0 saturated heterocycles. The molecule has 0 radical (unpaired) electrons. The molecule has 0 unspecified atom stereocenters. The zero-order chi connectivity index (χ0) is 12.4. The SMILES string of the molecule is Cc1[nH]cnc1CNCc1nc2ccccc2s1. The molecule has 5 heteroatoms. The number of para-hydroxylation sites is 1. The fourth-order valence-electron chi connectivity index (χ4n) is 1.85. The maximum Gasteiger partial charge on any atom is 0.108 e. The van der Waals surface area contributed by atoms with Gasteiger partial charge < -0.3 is 10.3 Å². The maximum absolute atomic E-state index is 4.58. The van der Waals surface area contributed by atoms with Crippen molar-refractivity contribution in [2.45, 2.75) is 20.0 Å². The highest BCUT2D eigenvalue weighted by Gasteiger charge is 2.04. The second-order valence-corrected chi connectivity index (χ2v) is 5.27. The van der Waals surface area contributed by atoms with E-state index in [4.69, 9.17) is 0 Å². The number of hydrogen-bond acceptors (Lipinski definition) is 4. The smallest absolute Gasteiger partial charge is 0.108 e. The van der Waals surface area contributed by atoms with Crippen LogP contribution in [0.15, 0.2) is 30.6 Å². The third-order valence-corrected chi connectivity index (χ3v) is 3.88. The van der Waals surface area contributed by atoms with E-state index >= 15 is 0 Å². The fourth-order valence-corrected chi connectivity index (χ4v) is 2.79. The van der Waals surface area contributed by atoms with Crippen molar-refractivity contribution in [2.24, 2.45) is 0 Å². The van der Waals surface area contributed by atoms with Crippen molar-refractivity contribution in [1.82, 2.24) is 20.3 Å². The van der Waals surface area contributed by atoms with E-state index in [0.717, 1.165) is 35.0 Å². The van der Waals surface area contributed by atoms with Crippen molar-refractivity contribution in [3.8, 4) is 0 Å². The first kappa shape index (κ1) is 11.4. The highest BCUT2D eigenvalue weighted by Crippen LogP contribution is 2.21. The topological polar surface area (TPSA) is 53.6 Å². The van der Waals surface area contributed by atoms with Crippen LogP contribution in [0.2, 0.25) is 0 Å². The number of H-pyrrole nitrogens is 1. The zero-order valence-electron chi connectivity index (χ0n) is 10.1. The normalized spacial score (nSPS) is 11.2. The molecule has 0 fully saturated rings. The van der Waals surface area contributed by atoms with E-state index in [0.29, 0.717) is 0 Å². The number of aryl methyl sites for hydroxylation is 1. The van der Waals surface area contributed by atoms with Gasteiger partial charge in [-0.1, -0.05) is 12.1 Å². The van der Waals surface area contributed by atoms with Gasteiger partial charge in [-0.25, -0.2) is 9.97 Å². The molecule has 92 valence electrons. The van der Waals surface area contributed by atoms with Gasteiger partial charge >= 0.3 is 0 Å². The van der Waals surface area contributed by atoms with E-state index in [-0.39, 0.29) is 0 Å². The van der Waals surface area contributed by atoms with Crippen molar-refractivity contribution < 1.29 is 0 Å². The maximum atomic E-state index is 4.58. The van der Waals surface area contributed by atoms with Crippen LogP contribution in [0.4, 0.5) is 0 Å². The molecule has 0 aliphatic heterocycles. The lowest BCUT2D eigenvalue weighted by molar-refractivity contribution is 0.677. The number of nitrogens with zero attached hydrogens (tertiary/aromatic N) is 2. The third-order valence-electron chi connectivity index (χ3n) is 2.84. The Hall–Kier alpha value is -1.72. The number of rotatable bonds is 4. The number of hydrogen-bond donors (Lipinski definition) is 2. The Morgan fingerprint density at radius 3 is 2.94 bits per heavy atom. The van der Waals surface area contributed by atoms with Gasteiger partial charge in [0.25, 0.3) is 0 Å². The van der Waals surface area contributed by atoms with E-state index in [1.807, 2.05) is 25.1 Å². The summed E-state index contributed by atoms with van der Waals surface area (Å²) >= 11 is 1.74. The highest BCUT2D eigenvalue weighted by molar-refractivity contribution is 7.18. The molecule has 2 heterocycles. The van der Waals surface area contributed by atoms with Gasteiger partial charge in [-0.2, -0.15) is 0 Å². The van der Waals surface area contributed by atoms with Gasteiger partial charge in [0.1, 0.15) is 5.01 Å². The third kappa shape index (κ3) is 2.27. The molecule has 4 nitrogen and oxygen atoms in total. The van der Waals surface area contributed by atoms with Crippen LogP contribution < -0.4 is 5.32 Å². The second-order valence-electron chi connectivity index (χ2n) is 4.15. The first-order valence-electron chi connectivity index (χ1n) is 5.87. The summed E-state index contributed by atoms with van der Waals surface area (Å²) in [6.07, 6.45) is 1.73. The Bertz CT molecular complexity index is 623. The lowest BCUT2D eigenvalue weighted by Gasteiger charge is -2.00. The van der Waals surface area contributed by atoms with Gasteiger partial charge in [0.05, 0.1) is 22.2 Å². The fraction of sp³-hybridized carbons (Fsp3) is 0.231. The van der Waals surface area contributed by atoms with Crippen LogP contribution in [0.3, 0.4) is 0 Å².